The average Bonchev–Trinajstić information content (AvgIpc) is 3.12. The summed E-state index contributed by atoms with van der Waals surface area (Å²) in [4.78, 5) is 17.4. The molecule has 0 aliphatic heterocycles. The predicted molar refractivity (Wildman–Crippen MR) is 114 cm³/mol. The van der Waals surface area contributed by atoms with Gasteiger partial charge in [0.25, 0.3) is 0 Å². The number of hydrogen-bond acceptors (Lipinski definition) is 7. The third-order valence-electron chi connectivity index (χ3n) is 3.93. The van der Waals surface area contributed by atoms with Gasteiger partial charge in [-0.3, -0.25) is 4.79 Å². The molecule has 0 atom stereocenters. The van der Waals surface area contributed by atoms with Crippen LogP contribution in [0.25, 0.3) is 21.1 Å². The molecule has 6 nitrogen and oxygen atoms in total. The fourth-order valence-corrected chi connectivity index (χ4v) is 4.25. The second-order valence-electron chi connectivity index (χ2n) is 6.03. The third kappa shape index (κ3) is 4.88. The van der Waals surface area contributed by atoms with Gasteiger partial charge in [-0.15, -0.1) is 21.5 Å². The summed E-state index contributed by atoms with van der Waals surface area (Å²) in [6.07, 6.45) is 0.927. The van der Waals surface area contributed by atoms with Crippen molar-refractivity contribution < 1.29 is 9.53 Å². The largest absolute Gasteiger partial charge is 0.496 e. The summed E-state index contributed by atoms with van der Waals surface area (Å²) in [5, 5.41) is 13.0. The molecule has 0 aliphatic carbocycles. The Morgan fingerprint density at radius 2 is 2.04 bits per heavy atom. The van der Waals surface area contributed by atoms with Crippen molar-refractivity contribution >= 4 is 29.0 Å². The molecule has 8 heteroatoms. The molecule has 0 fully saturated rings. The highest BCUT2D eigenvalue weighted by Crippen LogP contribution is 2.38. The molecular formula is C20H22N4O2S2. The van der Waals surface area contributed by atoms with Crippen molar-refractivity contribution in [2.24, 2.45) is 0 Å². The average molecular weight is 415 g/mol. The number of hydrogen-bond donors (Lipinski definition) is 1. The van der Waals surface area contributed by atoms with Gasteiger partial charge in [0.1, 0.15) is 21.5 Å². The lowest BCUT2D eigenvalue weighted by molar-refractivity contribution is -0.118. The number of carbonyl (C=O) groups is 1. The number of aryl methyl sites for hydroxylation is 1. The van der Waals surface area contributed by atoms with Crippen molar-refractivity contribution in [2.75, 3.05) is 19.4 Å². The molecule has 146 valence electrons. The van der Waals surface area contributed by atoms with E-state index in [2.05, 4.69) is 20.5 Å². The van der Waals surface area contributed by atoms with Crippen LogP contribution in [-0.4, -0.2) is 40.5 Å². The monoisotopic (exact) mass is 414 g/mol. The number of carbonyl (C=O) groups excluding carboxylic acids is 1. The number of thioether (sulfide) groups is 1. The summed E-state index contributed by atoms with van der Waals surface area (Å²) in [5.74, 6) is 1.14. The van der Waals surface area contributed by atoms with E-state index in [1.165, 1.54) is 11.8 Å². The van der Waals surface area contributed by atoms with E-state index in [1.54, 1.807) is 18.4 Å². The summed E-state index contributed by atoms with van der Waals surface area (Å²) >= 11 is 2.94. The maximum atomic E-state index is 11.7. The van der Waals surface area contributed by atoms with E-state index in [0.29, 0.717) is 12.3 Å². The zero-order valence-electron chi connectivity index (χ0n) is 16.1. The summed E-state index contributed by atoms with van der Waals surface area (Å²) < 4.78 is 5.44. The Bertz CT molecular complexity index is 942. The fourth-order valence-electron chi connectivity index (χ4n) is 2.54. The van der Waals surface area contributed by atoms with Crippen molar-refractivity contribution in [1.82, 2.24) is 20.5 Å². The minimum absolute atomic E-state index is 0.0116. The highest BCUT2D eigenvalue weighted by Gasteiger charge is 2.15. The molecule has 0 aliphatic rings. The number of amides is 1. The molecule has 0 unspecified atom stereocenters. The molecular weight excluding hydrogens is 392 g/mol. The number of methoxy groups -OCH3 is 1. The summed E-state index contributed by atoms with van der Waals surface area (Å²) in [7, 11) is 1.66. The molecule has 0 saturated carbocycles. The van der Waals surface area contributed by atoms with Crippen LogP contribution in [0.3, 0.4) is 0 Å². The Labute approximate surface area is 172 Å². The smallest absolute Gasteiger partial charge is 0.230 e. The van der Waals surface area contributed by atoms with Crippen LogP contribution < -0.4 is 10.1 Å². The van der Waals surface area contributed by atoms with Gasteiger partial charge in [-0.2, -0.15) is 0 Å². The second kappa shape index (κ2) is 9.66. The molecule has 1 amide bonds. The van der Waals surface area contributed by atoms with Crippen LogP contribution >= 0.6 is 23.1 Å². The molecule has 0 bridgehead atoms. The fraction of sp³-hybridized carbons (Fsp3) is 0.300. The Hall–Kier alpha value is -2.45. The standard InChI is InChI=1S/C20H22N4O2S2/c1-4-11-21-17(25)12-27-18-10-9-15(23-24-18)19-13(2)22-20(28-19)14-7-5-6-8-16(14)26-3/h5-10H,4,11-12H2,1-3H3,(H,21,25). The Kier molecular flexibility index (Phi) is 7.00. The number of thiazole rings is 1. The zero-order chi connectivity index (χ0) is 19.9. The van der Waals surface area contributed by atoms with E-state index in [4.69, 9.17) is 4.74 Å². The van der Waals surface area contributed by atoms with Gasteiger partial charge in [-0.25, -0.2) is 4.98 Å². The Morgan fingerprint density at radius 3 is 2.75 bits per heavy atom. The van der Waals surface area contributed by atoms with Gasteiger partial charge >= 0.3 is 0 Å². The van der Waals surface area contributed by atoms with Gasteiger partial charge in [-0.1, -0.05) is 30.8 Å². The highest BCUT2D eigenvalue weighted by molar-refractivity contribution is 7.99. The number of nitrogens with zero attached hydrogens (tertiary/aromatic N) is 3. The van der Waals surface area contributed by atoms with Crippen molar-refractivity contribution in [1.29, 1.82) is 0 Å². The second-order valence-corrected chi connectivity index (χ2v) is 8.02. The zero-order valence-corrected chi connectivity index (χ0v) is 17.7. The molecule has 0 radical (unpaired) electrons. The first-order chi connectivity index (χ1) is 13.6. The van der Waals surface area contributed by atoms with Crippen LogP contribution in [-0.2, 0) is 4.79 Å². The number of aromatic nitrogens is 3. The minimum atomic E-state index is 0.0116. The maximum absolute atomic E-state index is 11.7. The van der Waals surface area contributed by atoms with Crippen LogP contribution in [0.5, 0.6) is 5.75 Å². The van der Waals surface area contributed by atoms with Crippen LogP contribution in [0.1, 0.15) is 19.0 Å². The first-order valence-electron chi connectivity index (χ1n) is 8.96. The van der Waals surface area contributed by atoms with Crippen molar-refractivity contribution in [2.45, 2.75) is 25.3 Å². The van der Waals surface area contributed by atoms with Crippen LogP contribution in [0.4, 0.5) is 0 Å². The van der Waals surface area contributed by atoms with Gasteiger partial charge in [0.05, 0.1) is 29.0 Å². The van der Waals surface area contributed by atoms with Crippen LogP contribution in [0.2, 0.25) is 0 Å². The number of nitrogens with one attached hydrogen (secondary N) is 1. The quantitative estimate of drug-likeness (QED) is 0.557. The normalized spacial score (nSPS) is 10.7. The molecule has 2 heterocycles. The Morgan fingerprint density at radius 1 is 1.21 bits per heavy atom. The lowest BCUT2D eigenvalue weighted by atomic mass is 10.2. The molecule has 1 aromatic carbocycles. The summed E-state index contributed by atoms with van der Waals surface area (Å²) in [5.41, 5.74) is 2.64. The number of benzene rings is 1. The number of ether oxygens (including phenoxy) is 1. The molecule has 3 aromatic rings. The number of para-hydroxylation sites is 1. The van der Waals surface area contributed by atoms with E-state index in [0.717, 1.165) is 44.0 Å². The van der Waals surface area contributed by atoms with Crippen LogP contribution in [0.15, 0.2) is 41.4 Å². The lowest BCUT2D eigenvalue weighted by Gasteiger charge is -2.04. The van der Waals surface area contributed by atoms with Crippen LogP contribution in [0, 0.1) is 6.92 Å². The minimum Gasteiger partial charge on any atom is -0.496 e. The first kappa shape index (κ1) is 20.3. The van der Waals surface area contributed by atoms with E-state index < -0.39 is 0 Å². The molecule has 28 heavy (non-hydrogen) atoms. The molecule has 2 aromatic heterocycles. The molecule has 3 rings (SSSR count). The van der Waals surface area contributed by atoms with E-state index in [-0.39, 0.29) is 5.91 Å². The van der Waals surface area contributed by atoms with Gasteiger partial charge in [0.15, 0.2) is 0 Å². The van der Waals surface area contributed by atoms with Crippen molar-refractivity contribution in [3.63, 3.8) is 0 Å². The third-order valence-corrected chi connectivity index (χ3v) is 6.06. The topological polar surface area (TPSA) is 77.0 Å². The SMILES string of the molecule is CCCNC(=O)CSc1ccc(-c2sc(-c3ccccc3OC)nc2C)nn1. The van der Waals surface area contributed by atoms with Gasteiger partial charge in [0.2, 0.25) is 5.91 Å². The number of rotatable bonds is 8. The summed E-state index contributed by atoms with van der Waals surface area (Å²) in [6.45, 7) is 4.69. The van der Waals surface area contributed by atoms with Crippen molar-refractivity contribution in [3.05, 3.63) is 42.1 Å². The van der Waals surface area contributed by atoms with E-state index in [1.807, 2.05) is 50.2 Å². The Balaban J connectivity index is 1.74. The van der Waals surface area contributed by atoms with Gasteiger partial charge in [-0.05, 0) is 37.6 Å². The first-order valence-corrected chi connectivity index (χ1v) is 10.8. The van der Waals surface area contributed by atoms with Crippen molar-refractivity contribution in [3.8, 4) is 26.9 Å². The van der Waals surface area contributed by atoms with Gasteiger partial charge in [0, 0.05) is 6.54 Å². The molecule has 0 saturated heterocycles. The predicted octanol–water partition coefficient (Wildman–Crippen LogP) is 4.20. The van der Waals surface area contributed by atoms with Gasteiger partial charge < -0.3 is 10.1 Å². The lowest BCUT2D eigenvalue weighted by Crippen LogP contribution is -2.25. The summed E-state index contributed by atoms with van der Waals surface area (Å²) in [6, 6.07) is 11.6. The molecule has 1 N–H and O–H groups in total. The maximum Gasteiger partial charge on any atom is 0.230 e. The van der Waals surface area contributed by atoms with E-state index >= 15 is 0 Å². The highest BCUT2D eigenvalue weighted by atomic mass is 32.2. The van der Waals surface area contributed by atoms with E-state index in [9.17, 15) is 4.79 Å². The molecule has 0 spiro atoms.